The molecular formula is C20H24N2O5S. The van der Waals surface area contributed by atoms with Gasteiger partial charge in [-0.05, 0) is 49.2 Å². The number of nitrogens with one attached hydrogen (secondary N) is 1. The zero-order valence-electron chi connectivity index (χ0n) is 16.4. The summed E-state index contributed by atoms with van der Waals surface area (Å²) in [5, 5.41) is 2.80. The summed E-state index contributed by atoms with van der Waals surface area (Å²) in [5.41, 5.74) is 2.17. The Labute approximate surface area is 165 Å². The summed E-state index contributed by atoms with van der Waals surface area (Å²) in [6.07, 6.45) is 0.794. The fourth-order valence-corrected chi connectivity index (χ4v) is 4.08. The largest absolute Gasteiger partial charge is 0.490 e. The van der Waals surface area contributed by atoms with Crippen molar-refractivity contribution in [2.45, 2.75) is 25.2 Å². The van der Waals surface area contributed by atoms with Gasteiger partial charge >= 0.3 is 0 Å². The first-order chi connectivity index (χ1) is 13.2. The highest BCUT2D eigenvalue weighted by atomic mass is 32.2. The van der Waals surface area contributed by atoms with Gasteiger partial charge in [0.2, 0.25) is 10.0 Å². The van der Waals surface area contributed by atoms with Gasteiger partial charge in [-0.2, -0.15) is 0 Å². The van der Waals surface area contributed by atoms with E-state index >= 15 is 0 Å². The number of aryl methyl sites for hydroxylation is 1. The summed E-state index contributed by atoms with van der Waals surface area (Å²) in [6.45, 7) is 4.66. The molecule has 1 aliphatic rings. The molecule has 28 heavy (non-hydrogen) atoms. The first-order valence-electron chi connectivity index (χ1n) is 8.95. The summed E-state index contributed by atoms with van der Waals surface area (Å²) < 4.78 is 37.6. The second-order valence-electron chi connectivity index (χ2n) is 6.87. The first kappa shape index (κ1) is 20.2. The average Bonchev–Trinajstić information content (AvgIpc) is 2.88. The number of fused-ring (bicyclic) bond motifs is 1. The van der Waals surface area contributed by atoms with E-state index in [0.29, 0.717) is 36.0 Å². The van der Waals surface area contributed by atoms with Crippen LogP contribution in [-0.4, -0.2) is 45.9 Å². The van der Waals surface area contributed by atoms with Crippen molar-refractivity contribution in [1.82, 2.24) is 4.31 Å². The van der Waals surface area contributed by atoms with Crippen LogP contribution in [0.4, 0.5) is 5.69 Å². The highest BCUT2D eigenvalue weighted by Crippen LogP contribution is 2.32. The van der Waals surface area contributed by atoms with Crippen LogP contribution in [0.25, 0.3) is 0 Å². The molecule has 0 spiro atoms. The minimum absolute atomic E-state index is 0.126. The molecule has 150 valence electrons. The number of ether oxygens (including phenoxy) is 2. The Balaban J connectivity index is 1.91. The monoisotopic (exact) mass is 404 g/mol. The van der Waals surface area contributed by atoms with Gasteiger partial charge in [0.15, 0.2) is 11.5 Å². The molecule has 0 saturated heterocycles. The molecular weight excluding hydrogens is 380 g/mol. The van der Waals surface area contributed by atoms with Gasteiger partial charge in [-0.15, -0.1) is 0 Å². The normalized spacial score (nSPS) is 13.9. The molecule has 0 saturated carbocycles. The maximum Gasteiger partial charge on any atom is 0.255 e. The fraction of sp³-hybridized carbons (Fsp3) is 0.350. The Morgan fingerprint density at radius 3 is 2.39 bits per heavy atom. The van der Waals surface area contributed by atoms with Gasteiger partial charge in [0, 0.05) is 37.8 Å². The van der Waals surface area contributed by atoms with Crippen LogP contribution < -0.4 is 14.8 Å². The van der Waals surface area contributed by atoms with E-state index < -0.39 is 15.9 Å². The lowest BCUT2D eigenvalue weighted by atomic mass is 10.1. The van der Waals surface area contributed by atoms with Gasteiger partial charge in [0.1, 0.15) is 0 Å². The van der Waals surface area contributed by atoms with Crippen LogP contribution in [-0.2, 0) is 10.0 Å². The number of nitrogens with zero attached hydrogens (tertiary/aromatic N) is 1. The molecule has 2 aromatic rings. The van der Waals surface area contributed by atoms with Gasteiger partial charge < -0.3 is 14.8 Å². The number of carbonyl (C=O) groups excluding carboxylic acids is 1. The molecule has 0 bridgehead atoms. The van der Waals surface area contributed by atoms with Crippen molar-refractivity contribution in [3.05, 3.63) is 47.0 Å². The first-order valence-corrected chi connectivity index (χ1v) is 10.4. The highest BCUT2D eigenvalue weighted by molar-refractivity contribution is 7.89. The van der Waals surface area contributed by atoms with Crippen LogP contribution in [0, 0.1) is 13.8 Å². The van der Waals surface area contributed by atoms with E-state index in [1.807, 2.05) is 0 Å². The summed E-state index contributed by atoms with van der Waals surface area (Å²) in [6, 6.07) is 8.28. The topological polar surface area (TPSA) is 84.9 Å². The van der Waals surface area contributed by atoms with Crippen LogP contribution in [0.15, 0.2) is 35.2 Å². The molecule has 8 heteroatoms. The van der Waals surface area contributed by atoms with Crippen molar-refractivity contribution in [3.8, 4) is 11.5 Å². The smallest absolute Gasteiger partial charge is 0.255 e. The van der Waals surface area contributed by atoms with E-state index in [1.54, 1.807) is 38.1 Å². The predicted octanol–water partition coefficient (Wildman–Crippen LogP) is 2.97. The van der Waals surface area contributed by atoms with Gasteiger partial charge in [-0.1, -0.05) is 0 Å². The number of hydrogen-bond donors (Lipinski definition) is 1. The molecule has 1 aliphatic heterocycles. The van der Waals surface area contributed by atoms with Gasteiger partial charge in [-0.25, -0.2) is 12.7 Å². The van der Waals surface area contributed by atoms with Crippen LogP contribution in [0.1, 0.15) is 27.9 Å². The molecule has 1 amide bonds. The Morgan fingerprint density at radius 2 is 1.71 bits per heavy atom. The fourth-order valence-electron chi connectivity index (χ4n) is 2.87. The molecule has 2 aromatic carbocycles. The zero-order chi connectivity index (χ0) is 20.5. The third-order valence-corrected chi connectivity index (χ3v) is 6.59. The summed E-state index contributed by atoms with van der Waals surface area (Å²) >= 11 is 0. The third-order valence-electron chi connectivity index (χ3n) is 4.65. The molecule has 7 nitrogen and oxygen atoms in total. The van der Waals surface area contributed by atoms with Gasteiger partial charge in [-0.3, -0.25) is 4.79 Å². The molecule has 0 unspecified atom stereocenters. The van der Waals surface area contributed by atoms with E-state index in [2.05, 4.69) is 5.32 Å². The average molecular weight is 404 g/mol. The van der Waals surface area contributed by atoms with Crippen molar-refractivity contribution in [1.29, 1.82) is 0 Å². The summed E-state index contributed by atoms with van der Waals surface area (Å²) in [5.74, 6) is 0.820. The minimum Gasteiger partial charge on any atom is -0.490 e. The number of benzene rings is 2. The lowest BCUT2D eigenvalue weighted by Gasteiger charge is -2.17. The Kier molecular flexibility index (Phi) is 5.62. The van der Waals surface area contributed by atoms with E-state index in [-0.39, 0.29) is 10.5 Å². The molecule has 1 heterocycles. The van der Waals surface area contributed by atoms with Crippen molar-refractivity contribution in [3.63, 3.8) is 0 Å². The standard InChI is InChI=1S/C20H24N2O5S/c1-13-10-15(11-19(14(13)2)28(24,25)22(3)4)20(23)21-16-6-7-17-18(12-16)27-9-5-8-26-17/h6-7,10-12H,5,8-9H2,1-4H3,(H,21,23). The zero-order valence-corrected chi connectivity index (χ0v) is 17.2. The molecule has 1 N–H and O–H groups in total. The van der Waals surface area contributed by atoms with Crippen molar-refractivity contribution in [2.24, 2.45) is 0 Å². The van der Waals surface area contributed by atoms with E-state index in [9.17, 15) is 13.2 Å². The number of sulfonamides is 1. The second-order valence-corrected chi connectivity index (χ2v) is 8.99. The van der Waals surface area contributed by atoms with Crippen LogP contribution in [0.5, 0.6) is 11.5 Å². The molecule has 0 atom stereocenters. The number of rotatable bonds is 4. The number of anilines is 1. The molecule has 0 radical (unpaired) electrons. The van der Waals surface area contributed by atoms with E-state index in [4.69, 9.17) is 9.47 Å². The van der Waals surface area contributed by atoms with Crippen LogP contribution in [0.2, 0.25) is 0 Å². The maximum atomic E-state index is 12.8. The van der Waals surface area contributed by atoms with Crippen LogP contribution in [0.3, 0.4) is 0 Å². The Morgan fingerprint density at radius 1 is 1.04 bits per heavy atom. The number of amides is 1. The molecule has 0 aromatic heterocycles. The highest BCUT2D eigenvalue weighted by Gasteiger charge is 2.23. The summed E-state index contributed by atoms with van der Waals surface area (Å²) in [7, 11) is -0.725. The quantitative estimate of drug-likeness (QED) is 0.847. The minimum atomic E-state index is -3.66. The number of hydrogen-bond acceptors (Lipinski definition) is 5. The van der Waals surface area contributed by atoms with Crippen molar-refractivity contribution >= 4 is 21.6 Å². The van der Waals surface area contributed by atoms with Crippen molar-refractivity contribution < 1.29 is 22.7 Å². The molecule has 3 rings (SSSR count). The Bertz CT molecular complexity index is 1020. The van der Waals surface area contributed by atoms with Crippen LogP contribution >= 0.6 is 0 Å². The van der Waals surface area contributed by atoms with Crippen molar-refractivity contribution in [2.75, 3.05) is 32.6 Å². The lowest BCUT2D eigenvalue weighted by molar-refractivity contribution is 0.102. The van der Waals surface area contributed by atoms with Gasteiger partial charge in [0.05, 0.1) is 18.1 Å². The number of carbonyl (C=O) groups is 1. The Hall–Kier alpha value is -2.58. The third kappa shape index (κ3) is 3.98. The van der Waals surface area contributed by atoms with E-state index in [1.165, 1.54) is 20.2 Å². The lowest BCUT2D eigenvalue weighted by Crippen LogP contribution is -2.24. The SMILES string of the molecule is Cc1cc(C(=O)Nc2ccc3c(c2)OCCCO3)cc(S(=O)(=O)N(C)C)c1C. The second kappa shape index (κ2) is 7.81. The van der Waals surface area contributed by atoms with E-state index in [0.717, 1.165) is 16.3 Å². The predicted molar refractivity (Wildman–Crippen MR) is 107 cm³/mol. The van der Waals surface area contributed by atoms with Gasteiger partial charge in [0.25, 0.3) is 5.91 Å². The maximum absolute atomic E-state index is 12.8. The molecule has 0 aliphatic carbocycles. The molecule has 0 fully saturated rings. The summed E-state index contributed by atoms with van der Waals surface area (Å²) in [4.78, 5) is 12.9.